The summed E-state index contributed by atoms with van der Waals surface area (Å²) in [5.41, 5.74) is 2.87. The second-order valence-electron chi connectivity index (χ2n) is 5.18. The molecule has 24 heavy (non-hydrogen) atoms. The van der Waals surface area contributed by atoms with Crippen molar-refractivity contribution in [1.82, 2.24) is 4.98 Å². The van der Waals surface area contributed by atoms with Crippen molar-refractivity contribution in [2.75, 3.05) is 5.32 Å². The fourth-order valence-corrected chi connectivity index (χ4v) is 4.24. The van der Waals surface area contributed by atoms with Crippen molar-refractivity contribution in [1.29, 1.82) is 0 Å². The van der Waals surface area contributed by atoms with Gasteiger partial charge in [-0.15, -0.1) is 23.1 Å². The largest absolute Gasteiger partial charge is 0.321 e. The van der Waals surface area contributed by atoms with Gasteiger partial charge in [0.15, 0.2) is 0 Å². The van der Waals surface area contributed by atoms with Crippen LogP contribution < -0.4 is 5.32 Å². The minimum atomic E-state index is -0.0936. The number of nitrogens with one attached hydrogen (secondary N) is 1. The van der Waals surface area contributed by atoms with Crippen LogP contribution in [0.25, 0.3) is 0 Å². The van der Waals surface area contributed by atoms with Crippen LogP contribution >= 0.6 is 34.7 Å². The molecule has 0 atom stereocenters. The standard InChI is InChI=1S/C18H15ClN2OS2/c1-12-10-14(2-3-15(12)19)21-18(22)17-16(6-9-23-17)24-11-13-4-7-20-8-5-13/h2-10H,11H2,1H3,(H,21,22). The van der Waals surface area contributed by atoms with Crippen LogP contribution in [0.3, 0.4) is 0 Å². The summed E-state index contributed by atoms with van der Waals surface area (Å²) in [6, 6.07) is 11.4. The van der Waals surface area contributed by atoms with Gasteiger partial charge in [0.05, 0.1) is 0 Å². The summed E-state index contributed by atoms with van der Waals surface area (Å²) in [4.78, 5) is 18.3. The van der Waals surface area contributed by atoms with Gasteiger partial charge in [-0.3, -0.25) is 9.78 Å². The SMILES string of the molecule is Cc1cc(NC(=O)c2sccc2SCc2ccncc2)ccc1Cl. The maximum Gasteiger partial charge on any atom is 0.266 e. The fraction of sp³-hybridized carbons (Fsp3) is 0.111. The number of pyridine rings is 1. The van der Waals surface area contributed by atoms with Crippen LogP contribution in [0.15, 0.2) is 59.1 Å². The number of amides is 1. The minimum absolute atomic E-state index is 0.0936. The van der Waals surface area contributed by atoms with E-state index >= 15 is 0 Å². The fourth-order valence-electron chi connectivity index (χ4n) is 2.13. The number of hydrogen-bond donors (Lipinski definition) is 1. The van der Waals surface area contributed by atoms with Gasteiger partial charge in [-0.1, -0.05) is 11.6 Å². The van der Waals surface area contributed by atoms with E-state index in [1.165, 1.54) is 16.9 Å². The van der Waals surface area contributed by atoms with Crippen LogP contribution in [0, 0.1) is 6.92 Å². The number of nitrogens with zero attached hydrogens (tertiary/aromatic N) is 1. The summed E-state index contributed by atoms with van der Waals surface area (Å²) in [6.07, 6.45) is 3.56. The van der Waals surface area contributed by atoms with Gasteiger partial charge >= 0.3 is 0 Å². The van der Waals surface area contributed by atoms with E-state index in [2.05, 4.69) is 10.3 Å². The molecule has 122 valence electrons. The molecule has 0 aliphatic rings. The monoisotopic (exact) mass is 374 g/mol. The molecule has 0 aliphatic heterocycles. The number of thiophene rings is 1. The molecule has 0 spiro atoms. The number of benzene rings is 1. The molecule has 3 rings (SSSR count). The van der Waals surface area contributed by atoms with Crippen molar-refractivity contribution in [2.24, 2.45) is 0 Å². The summed E-state index contributed by atoms with van der Waals surface area (Å²) < 4.78 is 0. The summed E-state index contributed by atoms with van der Waals surface area (Å²) >= 11 is 9.12. The highest BCUT2D eigenvalue weighted by Crippen LogP contribution is 2.31. The van der Waals surface area contributed by atoms with Crippen LogP contribution in [0.5, 0.6) is 0 Å². The molecule has 6 heteroatoms. The van der Waals surface area contributed by atoms with Gasteiger partial charge in [0.25, 0.3) is 5.91 Å². The third-order valence-electron chi connectivity index (χ3n) is 3.39. The van der Waals surface area contributed by atoms with E-state index in [-0.39, 0.29) is 5.91 Å². The van der Waals surface area contributed by atoms with Crippen LogP contribution in [0.2, 0.25) is 5.02 Å². The van der Waals surface area contributed by atoms with Crippen molar-refractivity contribution in [3.63, 3.8) is 0 Å². The zero-order valence-corrected chi connectivity index (χ0v) is 15.3. The molecule has 0 unspecified atom stereocenters. The van der Waals surface area contributed by atoms with Crippen LogP contribution in [0.1, 0.15) is 20.8 Å². The number of thioether (sulfide) groups is 1. The van der Waals surface area contributed by atoms with Gasteiger partial charge in [0.1, 0.15) is 4.88 Å². The highest BCUT2D eigenvalue weighted by atomic mass is 35.5. The number of rotatable bonds is 5. The van der Waals surface area contributed by atoms with E-state index in [0.717, 1.165) is 26.8 Å². The minimum Gasteiger partial charge on any atom is -0.321 e. The Morgan fingerprint density at radius 1 is 1.25 bits per heavy atom. The Balaban J connectivity index is 1.69. The third-order valence-corrected chi connectivity index (χ3v) is 5.99. The number of carbonyl (C=O) groups is 1. The van der Waals surface area contributed by atoms with Crippen molar-refractivity contribution in [3.05, 3.63) is 75.2 Å². The van der Waals surface area contributed by atoms with Crippen molar-refractivity contribution >= 4 is 46.3 Å². The lowest BCUT2D eigenvalue weighted by molar-refractivity contribution is 0.102. The Labute approximate surface area is 154 Å². The van der Waals surface area contributed by atoms with Crippen LogP contribution in [-0.2, 0) is 5.75 Å². The molecule has 3 nitrogen and oxygen atoms in total. The first-order chi connectivity index (χ1) is 11.6. The second kappa shape index (κ2) is 7.83. The zero-order chi connectivity index (χ0) is 16.9. The van der Waals surface area contributed by atoms with E-state index < -0.39 is 0 Å². The topological polar surface area (TPSA) is 42.0 Å². The first kappa shape index (κ1) is 17.0. The number of halogens is 1. The molecule has 0 saturated carbocycles. The molecule has 2 aromatic heterocycles. The Kier molecular flexibility index (Phi) is 5.56. The Morgan fingerprint density at radius 2 is 2.04 bits per heavy atom. The third kappa shape index (κ3) is 4.17. The molecule has 1 aromatic carbocycles. The molecule has 1 N–H and O–H groups in total. The smallest absolute Gasteiger partial charge is 0.266 e. The van der Waals surface area contributed by atoms with E-state index in [1.807, 2.05) is 42.6 Å². The Hall–Kier alpha value is -1.82. The van der Waals surface area contributed by atoms with E-state index in [4.69, 9.17) is 11.6 Å². The lowest BCUT2D eigenvalue weighted by Crippen LogP contribution is -2.11. The molecular weight excluding hydrogens is 360 g/mol. The summed E-state index contributed by atoms with van der Waals surface area (Å²) in [5, 5.41) is 5.57. The molecule has 2 heterocycles. The molecule has 0 fully saturated rings. The van der Waals surface area contributed by atoms with Crippen LogP contribution in [-0.4, -0.2) is 10.9 Å². The summed E-state index contributed by atoms with van der Waals surface area (Å²) in [5.74, 6) is 0.712. The number of anilines is 1. The average molecular weight is 375 g/mol. The molecule has 1 amide bonds. The first-order valence-corrected chi connectivity index (χ1v) is 9.54. The molecule has 0 saturated heterocycles. The van der Waals surface area contributed by atoms with E-state index in [9.17, 15) is 4.79 Å². The normalized spacial score (nSPS) is 10.6. The molecule has 0 aliphatic carbocycles. The number of aromatic nitrogens is 1. The highest BCUT2D eigenvalue weighted by molar-refractivity contribution is 7.98. The Morgan fingerprint density at radius 3 is 2.79 bits per heavy atom. The van der Waals surface area contributed by atoms with Gasteiger partial charge in [0.2, 0.25) is 0 Å². The summed E-state index contributed by atoms with van der Waals surface area (Å²) in [7, 11) is 0. The lowest BCUT2D eigenvalue weighted by Gasteiger charge is -2.08. The van der Waals surface area contributed by atoms with Crippen molar-refractivity contribution in [3.8, 4) is 0 Å². The number of carbonyl (C=O) groups excluding carboxylic acids is 1. The van der Waals surface area contributed by atoms with Gasteiger partial charge in [-0.05, 0) is 59.8 Å². The van der Waals surface area contributed by atoms with Crippen LogP contribution in [0.4, 0.5) is 5.69 Å². The Bertz CT molecular complexity index is 849. The van der Waals surface area contributed by atoms with Gasteiger partial charge in [-0.25, -0.2) is 0 Å². The van der Waals surface area contributed by atoms with Gasteiger partial charge in [-0.2, -0.15) is 0 Å². The number of hydrogen-bond acceptors (Lipinski definition) is 4. The van der Waals surface area contributed by atoms with E-state index in [0.29, 0.717) is 5.02 Å². The maximum absolute atomic E-state index is 12.5. The number of aryl methyl sites for hydroxylation is 1. The zero-order valence-electron chi connectivity index (χ0n) is 13.0. The van der Waals surface area contributed by atoms with Crippen molar-refractivity contribution < 1.29 is 4.79 Å². The average Bonchev–Trinajstić information content (AvgIpc) is 3.06. The van der Waals surface area contributed by atoms with E-state index in [1.54, 1.807) is 30.2 Å². The molecular formula is C18H15ClN2OS2. The van der Waals surface area contributed by atoms with Crippen molar-refractivity contribution in [2.45, 2.75) is 17.6 Å². The van der Waals surface area contributed by atoms with Gasteiger partial charge in [0, 0.05) is 33.8 Å². The maximum atomic E-state index is 12.5. The molecule has 3 aromatic rings. The molecule has 0 bridgehead atoms. The second-order valence-corrected chi connectivity index (χ2v) is 7.52. The first-order valence-electron chi connectivity index (χ1n) is 7.30. The highest BCUT2D eigenvalue weighted by Gasteiger charge is 2.14. The predicted molar refractivity (Wildman–Crippen MR) is 102 cm³/mol. The predicted octanol–water partition coefficient (Wildman–Crippen LogP) is 5.65. The van der Waals surface area contributed by atoms with Gasteiger partial charge < -0.3 is 5.32 Å². The molecule has 0 radical (unpaired) electrons. The quantitative estimate of drug-likeness (QED) is 0.587. The summed E-state index contributed by atoms with van der Waals surface area (Å²) in [6.45, 7) is 1.92. The lowest BCUT2D eigenvalue weighted by atomic mass is 10.2.